The Morgan fingerprint density at radius 1 is 1.13 bits per heavy atom. The second-order valence-electron chi connectivity index (χ2n) is 5.23. The molecule has 0 spiro atoms. The summed E-state index contributed by atoms with van der Waals surface area (Å²) in [7, 11) is 0. The standard InChI is InChI=1S/C18H12ClNO3/c1-10-5-3-4-6-12(10)16-13-8-14(19)11(2)7-15(13)23-18(22)17(16)20-9-21/h3-8H,1-2H3. The largest absolute Gasteiger partial charge is 0.421 e. The maximum absolute atomic E-state index is 12.3. The highest BCUT2D eigenvalue weighted by molar-refractivity contribution is 6.32. The van der Waals surface area contributed by atoms with E-state index in [-0.39, 0.29) is 5.69 Å². The van der Waals surface area contributed by atoms with Crippen LogP contribution in [-0.4, -0.2) is 6.08 Å². The van der Waals surface area contributed by atoms with E-state index in [4.69, 9.17) is 16.0 Å². The van der Waals surface area contributed by atoms with Crippen LogP contribution in [0.2, 0.25) is 5.02 Å². The zero-order chi connectivity index (χ0) is 16.6. The fourth-order valence-electron chi connectivity index (χ4n) is 2.59. The van der Waals surface area contributed by atoms with Crippen LogP contribution < -0.4 is 5.63 Å². The average molecular weight is 326 g/mol. The van der Waals surface area contributed by atoms with Crippen molar-refractivity contribution in [2.75, 3.05) is 0 Å². The molecule has 0 N–H and O–H groups in total. The van der Waals surface area contributed by atoms with Crippen LogP contribution in [0.3, 0.4) is 0 Å². The molecule has 0 radical (unpaired) electrons. The van der Waals surface area contributed by atoms with E-state index >= 15 is 0 Å². The lowest BCUT2D eigenvalue weighted by Crippen LogP contribution is -2.02. The molecule has 1 heterocycles. The molecule has 5 heteroatoms. The average Bonchev–Trinajstić information content (AvgIpc) is 2.51. The molecule has 0 bridgehead atoms. The molecule has 0 saturated heterocycles. The molecule has 3 aromatic rings. The Bertz CT molecular complexity index is 1030. The molecule has 114 valence electrons. The molecule has 0 aliphatic carbocycles. The summed E-state index contributed by atoms with van der Waals surface area (Å²) in [6.45, 7) is 3.74. The van der Waals surface area contributed by atoms with Gasteiger partial charge in [-0.15, -0.1) is 0 Å². The third-order valence-corrected chi connectivity index (χ3v) is 4.14. The van der Waals surface area contributed by atoms with Crippen molar-refractivity contribution in [2.45, 2.75) is 13.8 Å². The summed E-state index contributed by atoms with van der Waals surface area (Å²) in [6, 6.07) is 11.0. The van der Waals surface area contributed by atoms with E-state index in [0.29, 0.717) is 21.6 Å². The Kier molecular flexibility index (Phi) is 3.87. The Hall–Kier alpha value is -2.68. The maximum Gasteiger partial charge on any atom is 0.363 e. The lowest BCUT2D eigenvalue weighted by atomic mass is 9.96. The van der Waals surface area contributed by atoms with Crippen molar-refractivity contribution < 1.29 is 9.21 Å². The first kappa shape index (κ1) is 15.2. The summed E-state index contributed by atoms with van der Waals surface area (Å²) >= 11 is 6.23. The Morgan fingerprint density at radius 3 is 2.57 bits per heavy atom. The molecule has 0 atom stereocenters. The number of isocyanates is 1. The summed E-state index contributed by atoms with van der Waals surface area (Å²) in [4.78, 5) is 26.6. The number of nitrogens with zero attached hydrogens (tertiary/aromatic N) is 1. The predicted octanol–water partition coefficient (Wildman–Crippen LogP) is 4.70. The van der Waals surface area contributed by atoms with Gasteiger partial charge in [-0.25, -0.2) is 9.59 Å². The normalized spacial score (nSPS) is 10.6. The van der Waals surface area contributed by atoms with E-state index in [2.05, 4.69) is 4.99 Å². The molecule has 0 unspecified atom stereocenters. The maximum atomic E-state index is 12.3. The van der Waals surface area contributed by atoms with E-state index in [1.807, 2.05) is 38.1 Å². The predicted molar refractivity (Wildman–Crippen MR) is 90.2 cm³/mol. The van der Waals surface area contributed by atoms with E-state index in [0.717, 1.165) is 16.7 Å². The number of carbonyl (C=O) groups excluding carboxylic acids is 1. The van der Waals surface area contributed by atoms with E-state index < -0.39 is 5.63 Å². The second-order valence-corrected chi connectivity index (χ2v) is 5.64. The van der Waals surface area contributed by atoms with E-state index in [9.17, 15) is 9.59 Å². The number of hydrogen-bond acceptors (Lipinski definition) is 4. The fourth-order valence-corrected chi connectivity index (χ4v) is 2.75. The fraction of sp³-hybridized carbons (Fsp3) is 0.111. The van der Waals surface area contributed by atoms with Gasteiger partial charge in [0.05, 0.1) is 0 Å². The highest BCUT2D eigenvalue weighted by Gasteiger charge is 2.18. The van der Waals surface area contributed by atoms with E-state index in [1.54, 1.807) is 12.1 Å². The van der Waals surface area contributed by atoms with Gasteiger partial charge in [0.2, 0.25) is 6.08 Å². The Morgan fingerprint density at radius 2 is 1.87 bits per heavy atom. The SMILES string of the molecule is Cc1cc2oc(=O)c(N=C=O)c(-c3ccccc3C)c2cc1Cl. The second kappa shape index (κ2) is 5.84. The number of aliphatic imine (C=N–C) groups is 1. The summed E-state index contributed by atoms with van der Waals surface area (Å²) < 4.78 is 5.30. The van der Waals surface area contributed by atoms with Crippen molar-refractivity contribution >= 4 is 34.3 Å². The van der Waals surface area contributed by atoms with Gasteiger partial charge in [-0.05, 0) is 42.7 Å². The summed E-state index contributed by atoms with van der Waals surface area (Å²) in [5.41, 5.74) is 2.71. The number of halogens is 1. The summed E-state index contributed by atoms with van der Waals surface area (Å²) in [5.74, 6) is 0. The van der Waals surface area contributed by atoms with Crippen LogP contribution in [0.25, 0.3) is 22.1 Å². The van der Waals surface area contributed by atoms with Crippen LogP contribution in [0.15, 0.2) is 50.6 Å². The molecule has 0 aliphatic heterocycles. The minimum absolute atomic E-state index is 0.0679. The van der Waals surface area contributed by atoms with Crippen LogP contribution in [0.4, 0.5) is 5.69 Å². The number of rotatable bonds is 2. The molecule has 2 aromatic carbocycles. The molecule has 0 saturated carbocycles. The summed E-state index contributed by atoms with van der Waals surface area (Å²) in [6.07, 6.45) is 1.43. The van der Waals surface area contributed by atoms with E-state index in [1.165, 1.54) is 6.08 Å². The first-order chi connectivity index (χ1) is 11.0. The topological polar surface area (TPSA) is 59.6 Å². The van der Waals surface area contributed by atoms with Crippen molar-refractivity contribution in [3.63, 3.8) is 0 Å². The van der Waals surface area contributed by atoms with Crippen LogP contribution >= 0.6 is 11.6 Å². The molecule has 0 amide bonds. The minimum Gasteiger partial charge on any atom is -0.421 e. The molecular formula is C18H12ClNO3. The van der Waals surface area contributed by atoms with Crippen molar-refractivity contribution in [3.05, 3.63) is 63.0 Å². The zero-order valence-electron chi connectivity index (χ0n) is 12.5. The van der Waals surface area contributed by atoms with Gasteiger partial charge in [0.1, 0.15) is 5.58 Å². The molecule has 1 aromatic heterocycles. The lowest BCUT2D eigenvalue weighted by Gasteiger charge is -2.12. The quantitative estimate of drug-likeness (QED) is 0.390. The van der Waals surface area contributed by atoms with Gasteiger partial charge in [0.15, 0.2) is 5.69 Å². The van der Waals surface area contributed by atoms with Gasteiger partial charge in [0, 0.05) is 16.0 Å². The van der Waals surface area contributed by atoms with Gasteiger partial charge in [0.25, 0.3) is 0 Å². The van der Waals surface area contributed by atoms with Crippen molar-refractivity contribution in [1.29, 1.82) is 0 Å². The molecule has 4 nitrogen and oxygen atoms in total. The third-order valence-electron chi connectivity index (χ3n) is 3.73. The van der Waals surface area contributed by atoms with Crippen molar-refractivity contribution in [1.82, 2.24) is 0 Å². The smallest absolute Gasteiger partial charge is 0.363 e. The van der Waals surface area contributed by atoms with Crippen molar-refractivity contribution in [2.24, 2.45) is 4.99 Å². The van der Waals surface area contributed by atoms with Crippen LogP contribution in [0.1, 0.15) is 11.1 Å². The number of fused-ring (bicyclic) bond motifs is 1. The van der Waals surface area contributed by atoms with Gasteiger partial charge in [-0.1, -0.05) is 35.9 Å². The zero-order valence-corrected chi connectivity index (χ0v) is 13.3. The summed E-state index contributed by atoms with van der Waals surface area (Å²) in [5, 5.41) is 1.17. The van der Waals surface area contributed by atoms with Crippen LogP contribution in [0.5, 0.6) is 0 Å². The van der Waals surface area contributed by atoms with Crippen molar-refractivity contribution in [3.8, 4) is 11.1 Å². The van der Waals surface area contributed by atoms with Crippen LogP contribution in [0, 0.1) is 13.8 Å². The first-order valence-corrected chi connectivity index (χ1v) is 7.31. The minimum atomic E-state index is -0.680. The first-order valence-electron chi connectivity index (χ1n) is 6.93. The molecule has 3 rings (SSSR count). The van der Waals surface area contributed by atoms with Gasteiger partial charge < -0.3 is 4.42 Å². The van der Waals surface area contributed by atoms with Gasteiger partial charge >= 0.3 is 5.63 Å². The number of aryl methyl sites for hydroxylation is 2. The monoisotopic (exact) mass is 325 g/mol. The Labute approximate surface area is 137 Å². The van der Waals surface area contributed by atoms with Gasteiger partial charge in [-0.3, -0.25) is 0 Å². The highest BCUT2D eigenvalue weighted by Crippen LogP contribution is 2.38. The lowest BCUT2D eigenvalue weighted by molar-refractivity contribution is 0.557. The molecule has 0 aliphatic rings. The van der Waals surface area contributed by atoms with Crippen LogP contribution in [-0.2, 0) is 4.79 Å². The number of benzene rings is 2. The molecule has 0 fully saturated rings. The number of hydrogen-bond donors (Lipinski definition) is 0. The van der Waals surface area contributed by atoms with Gasteiger partial charge in [-0.2, -0.15) is 4.99 Å². The third kappa shape index (κ3) is 2.59. The Balaban J connectivity index is 2.57. The molecule has 23 heavy (non-hydrogen) atoms. The molecular weight excluding hydrogens is 314 g/mol. The highest BCUT2D eigenvalue weighted by atomic mass is 35.5.